The van der Waals surface area contributed by atoms with Gasteiger partial charge in [0.1, 0.15) is 11.5 Å². The molecule has 0 atom stereocenters. The molecule has 0 heterocycles. The van der Waals surface area contributed by atoms with Crippen molar-refractivity contribution in [1.29, 1.82) is 0 Å². The molecule has 0 aliphatic heterocycles. The first-order valence-electron chi connectivity index (χ1n) is 8.66. The van der Waals surface area contributed by atoms with Gasteiger partial charge in [-0.25, -0.2) is 0 Å². The summed E-state index contributed by atoms with van der Waals surface area (Å²) < 4.78 is 10.8. The normalized spacial score (nSPS) is 19.5. The van der Waals surface area contributed by atoms with E-state index in [1.54, 1.807) is 48.5 Å². The van der Waals surface area contributed by atoms with E-state index in [9.17, 15) is 9.59 Å². The second-order valence-corrected chi connectivity index (χ2v) is 6.54. The molecule has 2 aromatic carbocycles. The predicted octanol–water partition coefficient (Wildman–Crippen LogP) is 3.17. The zero-order valence-electron chi connectivity index (χ0n) is 14.4. The SMILES string of the molecule is Nc1cccc(OC(=O)C2CCC(C(=O)Oc3cccc(N)c3)CC2)c1. The quantitative estimate of drug-likeness (QED) is 0.496. The van der Waals surface area contributed by atoms with E-state index in [0.29, 0.717) is 48.6 Å². The molecule has 1 saturated carbocycles. The van der Waals surface area contributed by atoms with Gasteiger partial charge in [-0.1, -0.05) is 12.1 Å². The molecule has 0 spiro atoms. The summed E-state index contributed by atoms with van der Waals surface area (Å²) >= 11 is 0. The van der Waals surface area contributed by atoms with Crippen LogP contribution in [0.3, 0.4) is 0 Å². The number of nitrogens with two attached hydrogens (primary N) is 2. The number of carbonyl (C=O) groups is 2. The van der Waals surface area contributed by atoms with Gasteiger partial charge in [-0.2, -0.15) is 0 Å². The van der Waals surface area contributed by atoms with Gasteiger partial charge in [0, 0.05) is 23.5 Å². The first-order chi connectivity index (χ1) is 12.5. The Kier molecular flexibility index (Phi) is 5.41. The fraction of sp³-hybridized carbons (Fsp3) is 0.300. The average Bonchev–Trinajstić information content (AvgIpc) is 2.62. The minimum atomic E-state index is -0.279. The van der Waals surface area contributed by atoms with E-state index in [4.69, 9.17) is 20.9 Å². The maximum Gasteiger partial charge on any atom is 0.314 e. The Balaban J connectivity index is 1.50. The summed E-state index contributed by atoms with van der Waals surface area (Å²) in [4.78, 5) is 24.6. The number of anilines is 2. The molecule has 0 radical (unpaired) electrons. The van der Waals surface area contributed by atoms with Crippen molar-refractivity contribution in [3.63, 3.8) is 0 Å². The number of hydrogen-bond acceptors (Lipinski definition) is 6. The van der Waals surface area contributed by atoms with Crippen LogP contribution in [0.1, 0.15) is 25.7 Å². The maximum absolute atomic E-state index is 12.3. The predicted molar refractivity (Wildman–Crippen MR) is 98.4 cm³/mol. The average molecular weight is 354 g/mol. The van der Waals surface area contributed by atoms with Crippen molar-refractivity contribution in [3.8, 4) is 11.5 Å². The number of carbonyl (C=O) groups excluding carboxylic acids is 2. The number of nitrogen functional groups attached to an aromatic ring is 2. The minimum absolute atomic E-state index is 0.215. The number of ether oxygens (including phenoxy) is 2. The van der Waals surface area contributed by atoms with E-state index in [-0.39, 0.29) is 23.8 Å². The highest BCUT2D eigenvalue weighted by molar-refractivity contribution is 5.78. The van der Waals surface area contributed by atoms with Crippen LogP contribution in [-0.2, 0) is 9.59 Å². The molecular weight excluding hydrogens is 332 g/mol. The number of hydrogen-bond donors (Lipinski definition) is 2. The van der Waals surface area contributed by atoms with Crippen LogP contribution in [0.15, 0.2) is 48.5 Å². The number of rotatable bonds is 4. The van der Waals surface area contributed by atoms with Gasteiger partial charge >= 0.3 is 11.9 Å². The molecule has 26 heavy (non-hydrogen) atoms. The number of benzene rings is 2. The summed E-state index contributed by atoms with van der Waals surface area (Å²) in [6.45, 7) is 0. The Hall–Kier alpha value is -3.02. The topological polar surface area (TPSA) is 105 Å². The zero-order chi connectivity index (χ0) is 18.5. The first kappa shape index (κ1) is 17.8. The van der Waals surface area contributed by atoms with Gasteiger partial charge in [0.2, 0.25) is 0 Å². The van der Waals surface area contributed by atoms with Crippen molar-refractivity contribution in [3.05, 3.63) is 48.5 Å². The molecule has 0 bridgehead atoms. The van der Waals surface area contributed by atoms with E-state index in [1.807, 2.05) is 0 Å². The maximum atomic E-state index is 12.3. The van der Waals surface area contributed by atoms with Crippen molar-refractivity contribution in [1.82, 2.24) is 0 Å². The van der Waals surface area contributed by atoms with Crippen LogP contribution >= 0.6 is 0 Å². The fourth-order valence-electron chi connectivity index (χ4n) is 3.12. The second kappa shape index (κ2) is 7.91. The molecule has 3 rings (SSSR count). The van der Waals surface area contributed by atoms with Crippen LogP contribution in [0.25, 0.3) is 0 Å². The highest BCUT2D eigenvalue weighted by Crippen LogP contribution is 2.31. The molecule has 6 nitrogen and oxygen atoms in total. The summed E-state index contributed by atoms with van der Waals surface area (Å²) in [5, 5.41) is 0. The smallest absolute Gasteiger partial charge is 0.314 e. The lowest BCUT2D eigenvalue weighted by atomic mass is 9.82. The lowest BCUT2D eigenvalue weighted by Gasteiger charge is -2.25. The Morgan fingerprint density at radius 1 is 0.731 bits per heavy atom. The van der Waals surface area contributed by atoms with Crippen molar-refractivity contribution in [2.45, 2.75) is 25.7 Å². The summed E-state index contributed by atoms with van der Waals surface area (Å²) in [6.07, 6.45) is 2.38. The summed E-state index contributed by atoms with van der Waals surface area (Å²) in [7, 11) is 0. The van der Waals surface area contributed by atoms with Crippen LogP contribution in [0.5, 0.6) is 11.5 Å². The third-order valence-corrected chi connectivity index (χ3v) is 4.55. The molecule has 1 fully saturated rings. The Bertz CT molecular complexity index is 730. The fourth-order valence-corrected chi connectivity index (χ4v) is 3.12. The standard InChI is InChI=1S/C20H22N2O4/c21-15-3-1-5-17(11-15)25-19(23)13-7-9-14(10-8-13)20(24)26-18-6-2-4-16(22)12-18/h1-6,11-14H,7-10,21-22H2. The van der Waals surface area contributed by atoms with Crippen molar-refractivity contribution in [2.24, 2.45) is 11.8 Å². The van der Waals surface area contributed by atoms with E-state index < -0.39 is 0 Å². The molecule has 0 aromatic heterocycles. The molecule has 0 amide bonds. The Labute approximate surface area is 152 Å². The van der Waals surface area contributed by atoms with Crippen molar-refractivity contribution in [2.75, 3.05) is 11.5 Å². The van der Waals surface area contributed by atoms with Gasteiger partial charge in [-0.3, -0.25) is 9.59 Å². The first-order valence-corrected chi connectivity index (χ1v) is 8.66. The van der Waals surface area contributed by atoms with Gasteiger partial charge in [-0.15, -0.1) is 0 Å². The monoisotopic (exact) mass is 354 g/mol. The Morgan fingerprint density at radius 3 is 1.46 bits per heavy atom. The van der Waals surface area contributed by atoms with Crippen molar-refractivity contribution < 1.29 is 19.1 Å². The molecule has 1 aliphatic carbocycles. The van der Waals surface area contributed by atoms with Crippen molar-refractivity contribution >= 4 is 23.3 Å². The minimum Gasteiger partial charge on any atom is -0.426 e. The lowest BCUT2D eigenvalue weighted by Crippen LogP contribution is -2.30. The highest BCUT2D eigenvalue weighted by Gasteiger charge is 2.32. The third kappa shape index (κ3) is 4.53. The zero-order valence-corrected chi connectivity index (χ0v) is 14.4. The molecule has 2 aromatic rings. The molecule has 0 unspecified atom stereocenters. The molecule has 4 N–H and O–H groups in total. The lowest BCUT2D eigenvalue weighted by molar-refractivity contribution is -0.145. The largest absolute Gasteiger partial charge is 0.426 e. The van der Waals surface area contributed by atoms with Crippen LogP contribution in [0.2, 0.25) is 0 Å². The van der Waals surface area contributed by atoms with Crippen LogP contribution < -0.4 is 20.9 Å². The van der Waals surface area contributed by atoms with Gasteiger partial charge in [0.05, 0.1) is 11.8 Å². The molecular formula is C20H22N2O4. The van der Waals surface area contributed by atoms with Crippen LogP contribution in [0, 0.1) is 11.8 Å². The number of esters is 2. The van der Waals surface area contributed by atoms with Gasteiger partial charge in [0.15, 0.2) is 0 Å². The van der Waals surface area contributed by atoms with E-state index in [2.05, 4.69) is 0 Å². The van der Waals surface area contributed by atoms with Crippen LogP contribution in [0.4, 0.5) is 11.4 Å². The van der Waals surface area contributed by atoms with E-state index in [0.717, 1.165) is 0 Å². The Morgan fingerprint density at radius 2 is 1.12 bits per heavy atom. The van der Waals surface area contributed by atoms with Crippen LogP contribution in [-0.4, -0.2) is 11.9 Å². The van der Waals surface area contributed by atoms with Gasteiger partial charge < -0.3 is 20.9 Å². The second-order valence-electron chi connectivity index (χ2n) is 6.54. The third-order valence-electron chi connectivity index (χ3n) is 4.55. The summed E-state index contributed by atoms with van der Waals surface area (Å²) in [6, 6.07) is 13.6. The molecule has 136 valence electrons. The molecule has 0 saturated heterocycles. The van der Waals surface area contributed by atoms with E-state index in [1.165, 1.54) is 0 Å². The molecule has 6 heteroatoms. The molecule has 1 aliphatic rings. The van der Waals surface area contributed by atoms with Gasteiger partial charge in [0.25, 0.3) is 0 Å². The van der Waals surface area contributed by atoms with Gasteiger partial charge in [-0.05, 0) is 49.9 Å². The van der Waals surface area contributed by atoms with E-state index >= 15 is 0 Å². The highest BCUT2D eigenvalue weighted by atomic mass is 16.5. The summed E-state index contributed by atoms with van der Waals surface area (Å²) in [5.74, 6) is -0.103. The summed E-state index contributed by atoms with van der Waals surface area (Å²) in [5.41, 5.74) is 12.5.